The SMILES string of the molecule is CCOC(=O)/C=C/c1cccc([Se]c2ccc3c(c2)C(C)(C)CC=C3c2ccc(C(C)(C)C)cc2)c1. The van der Waals surface area contributed by atoms with Gasteiger partial charge in [0.05, 0.1) is 0 Å². The molecular weight excluding hydrogens is 507 g/mol. The Morgan fingerprint density at radius 2 is 1.72 bits per heavy atom. The summed E-state index contributed by atoms with van der Waals surface area (Å²) < 4.78 is 7.65. The van der Waals surface area contributed by atoms with Crippen molar-refractivity contribution in [1.82, 2.24) is 0 Å². The van der Waals surface area contributed by atoms with Crippen LogP contribution in [-0.2, 0) is 20.4 Å². The zero-order valence-electron chi connectivity index (χ0n) is 22.2. The molecule has 0 spiro atoms. The molecule has 1 aliphatic carbocycles. The zero-order chi connectivity index (χ0) is 25.9. The summed E-state index contributed by atoms with van der Waals surface area (Å²) in [5, 5.41) is 0. The van der Waals surface area contributed by atoms with E-state index in [9.17, 15) is 4.79 Å². The Morgan fingerprint density at radius 1 is 1.00 bits per heavy atom. The first-order chi connectivity index (χ1) is 17.1. The minimum atomic E-state index is -0.303. The van der Waals surface area contributed by atoms with E-state index in [-0.39, 0.29) is 31.8 Å². The van der Waals surface area contributed by atoms with Crippen LogP contribution in [0.1, 0.15) is 75.8 Å². The summed E-state index contributed by atoms with van der Waals surface area (Å²) in [5.74, 6) is -0.303. The molecule has 186 valence electrons. The average Bonchev–Trinajstić information content (AvgIpc) is 2.83. The van der Waals surface area contributed by atoms with Crippen LogP contribution in [0.5, 0.6) is 0 Å². The quantitative estimate of drug-likeness (QED) is 0.206. The van der Waals surface area contributed by atoms with Gasteiger partial charge in [0.2, 0.25) is 0 Å². The fraction of sp³-hybridized carbons (Fsp3) is 0.303. The Labute approximate surface area is 222 Å². The minimum absolute atomic E-state index is 0.0977. The molecule has 0 aromatic heterocycles. The van der Waals surface area contributed by atoms with Crippen molar-refractivity contribution in [2.24, 2.45) is 0 Å². The maximum absolute atomic E-state index is 11.7. The van der Waals surface area contributed by atoms with Gasteiger partial charge in [0.1, 0.15) is 0 Å². The molecule has 0 atom stereocenters. The van der Waals surface area contributed by atoms with Gasteiger partial charge < -0.3 is 0 Å². The van der Waals surface area contributed by atoms with Crippen LogP contribution in [0.3, 0.4) is 0 Å². The van der Waals surface area contributed by atoms with Crippen molar-refractivity contribution in [3.05, 3.63) is 107 Å². The number of benzene rings is 3. The van der Waals surface area contributed by atoms with Crippen molar-refractivity contribution in [3.8, 4) is 0 Å². The summed E-state index contributed by atoms with van der Waals surface area (Å²) in [6, 6.07) is 24.6. The van der Waals surface area contributed by atoms with Gasteiger partial charge in [0.25, 0.3) is 0 Å². The van der Waals surface area contributed by atoms with E-state index in [1.165, 1.54) is 42.8 Å². The van der Waals surface area contributed by atoms with Crippen LogP contribution in [-0.4, -0.2) is 27.5 Å². The van der Waals surface area contributed by atoms with Gasteiger partial charge in [-0.15, -0.1) is 0 Å². The van der Waals surface area contributed by atoms with Gasteiger partial charge >= 0.3 is 223 Å². The molecule has 3 aromatic carbocycles. The van der Waals surface area contributed by atoms with E-state index < -0.39 is 0 Å². The van der Waals surface area contributed by atoms with Crippen molar-refractivity contribution >= 4 is 41.5 Å². The summed E-state index contributed by atoms with van der Waals surface area (Å²) in [7, 11) is 0. The molecule has 1 aliphatic rings. The van der Waals surface area contributed by atoms with E-state index in [0.29, 0.717) is 6.61 Å². The summed E-state index contributed by atoms with van der Waals surface area (Å²) in [5.41, 5.74) is 8.04. The molecule has 4 rings (SSSR count). The van der Waals surface area contributed by atoms with Crippen molar-refractivity contribution in [1.29, 1.82) is 0 Å². The van der Waals surface area contributed by atoms with Crippen LogP contribution in [0.25, 0.3) is 11.6 Å². The average molecular weight is 544 g/mol. The third-order valence-electron chi connectivity index (χ3n) is 6.68. The third-order valence-corrected chi connectivity index (χ3v) is 8.74. The second-order valence-corrected chi connectivity index (χ2v) is 13.4. The Morgan fingerprint density at radius 3 is 2.42 bits per heavy atom. The number of hydrogen-bond donors (Lipinski definition) is 0. The van der Waals surface area contributed by atoms with Crippen molar-refractivity contribution in [3.63, 3.8) is 0 Å². The van der Waals surface area contributed by atoms with Gasteiger partial charge in [-0.1, -0.05) is 0 Å². The second-order valence-electron chi connectivity index (χ2n) is 11.0. The van der Waals surface area contributed by atoms with Gasteiger partial charge in [0.15, 0.2) is 0 Å². The number of carbonyl (C=O) groups is 1. The number of carbonyl (C=O) groups excluding carboxylic acids is 1. The molecule has 0 bridgehead atoms. The Hall–Kier alpha value is -2.87. The van der Waals surface area contributed by atoms with Crippen LogP contribution in [0.2, 0.25) is 0 Å². The number of hydrogen-bond acceptors (Lipinski definition) is 2. The molecule has 2 nitrogen and oxygen atoms in total. The fourth-order valence-electron chi connectivity index (χ4n) is 4.55. The first-order valence-corrected chi connectivity index (χ1v) is 14.4. The van der Waals surface area contributed by atoms with Crippen molar-refractivity contribution in [2.45, 2.75) is 58.8 Å². The van der Waals surface area contributed by atoms with E-state index in [4.69, 9.17) is 4.74 Å². The first kappa shape index (κ1) is 26.2. The van der Waals surface area contributed by atoms with Crippen LogP contribution in [0.15, 0.2) is 78.9 Å². The normalized spacial score (nSPS) is 14.9. The molecule has 3 aromatic rings. The molecule has 0 fully saturated rings. The molecule has 0 amide bonds. The summed E-state index contributed by atoms with van der Waals surface area (Å²) in [4.78, 5) is 11.7. The third kappa shape index (κ3) is 6.09. The molecule has 0 heterocycles. The zero-order valence-corrected chi connectivity index (χ0v) is 23.9. The van der Waals surface area contributed by atoms with Crippen LogP contribution >= 0.6 is 0 Å². The Bertz CT molecular complexity index is 1300. The standard InChI is InChI=1S/C33H36O2Se/c1-7-35-31(34)18-11-23-9-8-10-26(21-23)36-27-16-17-29-28(19-20-33(5,6)30(29)22-27)24-12-14-25(15-13-24)32(2,3)4/h8-19,21-22H,7,20H2,1-6H3/b18-11+. The Kier molecular flexibility index (Phi) is 7.73. The first-order valence-electron chi connectivity index (χ1n) is 12.7. The molecule has 0 unspecified atom stereocenters. The number of ether oxygens (including phenoxy) is 1. The second kappa shape index (κ2) is 10.6. The molecule has 0 N–H and O–H groups in total. The number of allylic oxidation sites excluding steroid dienone is 1. The van der Waals surface area contributed by atoms with Crippen LogP contribution in [0.4, 0.5) is 0 Å². The summed E-state index contributed by atoms with van der Waals surface area (Å²) in [6.45, 7) is 13.7. The fourth-order valence-corrected chi connectivity index (χ4v) is 6.50. The predicted molar refractivity (Wildman–Crippen MR) is 153 cm³/mol. The van der Waals surface area contributed by atoms with Gasteiger partial charge in [0, 0.05) is 0 Å². The number of esters is 1. The van der Waals surface area contributed by atoms with E-state index in [0.717, 1.165) is 12.0 Å². The van der Waals surface area contributed by atoms with E-state index in [2.05, 4.69) is 101 Å². The van der Waals surface area contributed by atoms with Crippen molar-refractivity contribution in [2.75, 3.05) is 6.61 Å². The predicted octanol–water partition coefficient (Wildman–Crippen LogP) is 6.33. The molecule has 0 aliphatic heterocycles. The molecule has 3 heteroatoms. The molecule has 0 saturated heterocycles. The summed E-state index contributed by atoms with van der Waals surface area (Å²) in [6.07, 6.45) is 6.77. The van der Waals surface area contributed by atoms with E-state index in [1.807, 2.05) is 19.1 Å². The van der Waals surface area contributed by atoms with E-state index in [1.54, 1.807) is 0 Å². The molecule has 0 saturated carbocycles. The van der Waals surface area contributed by atoms with Crippen molar-refractivity contribution < 1.29 is 9.53 Å². The van der Waals surface area contributed by atoms with E-state index >= 15 is 0 Å². The molecule has 36 heavy (non-hydrogen) atoms. The number of fused-ring (bicyclic) bond motifs is 1. The van der Waals surface area contributed by atoms with Gasteiger partial charge in [-0.2, -0.15) is 0 Å². The van der Waals surface area contributed by atoms with Gasteiger partial charge in [-0.25, -0.2) is 0 Å². The molecular formula is C33H36O2Se. The maximum atomic E-state index is 11.7. The van der Waals surface area contributed by atoms with Gasteiger partial charge in [-0.3, -0.25) is 0 Å². The van der Waals surface area contributed by atoms with Crippen LogP contribution in [0, 0.1) is 0 Å². The molecule has 0 radical (unpaired) electrons. The Balaban J connectivity index is 1.60. The topological polar surface area (TPSA) is 26.3 Å². The van der Waals surface area contributed by atoms with Crippen LogP contribution < -0.4 is 8.92 Å². The monoisotopic (exact) mass is 544 g/mol. The van der Waals surface area contributed by atoms with Gasteiger partial charge in [-0.05, 0) is 0 Å². The number of rotatable bonds is 6. The summed E-state index contributed by atoms with van der Waals surface area (Å²) >= 11 is 0.175.